The number of rotatable bonds is 8. The van der Waals surface area contributed by atoms with E-state index in [1.165, 1.54) is 35.2 Å². The molecule has 1 fully saturated rings. The van der Waals surface area contributed by atoms with E-state index in [2.05, 4.69) is 5.32 Å². The second-order valence-corrected chi connectivity index (χ2v) is 7.52. The van der Waals surface area contributed by atoms with Gasteiger partial charge >= 0.3 is 0 Å². The number of benzene rings is 2. The summed E-state index contributed by atoms with van der Waals surface area (Å²) < 4.78 is 32.7. The number of halogens is 2. The third-order valence-corrected chi connectivity index (χ3v) is 5.34. The topological polar surface area (TPSA) is 58.6 Å². The average Bonchev–Trinajstić information content (AvgIpc) is 3.25. The van der Waals surface area contributed by atoms with E-state index < -0.39 is 23.6 Å². The van der Waals surface area contributed by atoms with E-state index in [-0.39, 0.29) is 25.1 Å². The van der Waals surface area contributed by atoms with Crippen LogP contribution in [0.5, 0.6) is 5.75 Å². The van der Waals surface area contributed by atoms with Crippen molar-refractivity contribution in [2.24, 2.45) is 0 Å². The van der Waals surface area contributed by atoms with Crippen LogP contribution in [0.3, 0.4) is 0 Å². The molecule has 7 heteroatoms. The van der Waals surface area contributed by atoms with Crippen molar-refractivity contribution in [2.75, 3.05) is 6.61 Å². The summed E-state index contributed by atoms with van der Waals surface area (Å²) in [5, 5.41) is 2.99. The minimum absolute atomic E-state index is 0.0580. The molecule has 2 aromatic rings. The Bertz CT molecular complexity index is 867. The molecule has 2 aromatic carbocycles. The minimum Gasteiger partial charge on any atom is -0.484 e. The average molecular weight is 416 g/mol. The Morgan fingerprint density at radius 3 is 2.43 bits per heavy atom. The molecule has 1 aliphatic carbocycles. The normalized spacial score (nSPS) is 14.9. The maximum Gasteiger partial charge on any atom is 0.261 e. The zero-order valence-electron chi connectivity index (χ0n) is 16.9. The quantitative estimate of drug-likeness (QED) is 0.712. The fraction of sp³-hybridized carbons (Fsp3) is 0.391. The van der Waals surface area contributed by atoms with Crippen molar-refractivity contribution < 1.29 is 23.1 Å². The summed E-state index contributed by atoms with van der Waals surface area (Å²) in [5.41, 5.74) is 0.313. The lowest BCUT2D eigenvalue weighted by atomic mass is 10.1. The lowest BCUT2D eigenvalue weighted by Crippen LogP contribution is -2.50. The predicted octanol–water partition coefficient (Wildman–Crippen LogP) is 3.82. The van der Waals surface area contributed by atoms with Gasteiger partial charge in [0, 0.05) is 18.2 Å². The van der Waals surface area contributed by atoms with Crippen LogP contribution in [0.2, 0.25) is 0 Å². The molecule has 1 saturated carbocycles. The molecule has 0 bridgehead atoms. The summed E-state index contributed by atoms with van der Waals surface area (Å²) in [5.74, 6) is -1.26. The Hall–Kier alpha value is -2.96. The zero-order valence-corrected chi connectivity index (χ0v) is 16.9. The fourth-order valence-electron chi connectivity index (χ4n) is 3.54. The predicted molar refractivity (Wildman–Crippen MR) is 109 cm³/mol. The molecule has 30 heavy (non-hydrogen) atoms. The largest absolute Gasteiger partial charge is 0.484 e. The number of carbonyl (C=O) groups excluding carboxylic acids is 2. The molecule has 0 radical (unpaired) electrons. The van der Waals surface area contributed by atoms with Gasteiger partial charge in [0.15, 0.2) is 6.61 Å². The van der Waals surface area contributed by atoms with Gasteiger partial charge in [-0.15, -0.1) is 0 Å². The van der Waals surface area contributed by atoms with Gasteiger partial charge in [0.05, 0.1) is 0 Å². The maximum absolute atomic E-state index is 14.2. The van der Waals surface area contributed by atoms with Gasteiger partial charge in [-0.2, -0.15) is 0 Å². The molecule has 0 heterocycles. The molecule has 0 spiro atoms. The van der Waals surface area contributed by atoms with Crippen LogP contribution in [0, 0.1) is 11.6 Å². The van der Waals surface area contributed by atoms with Gasteiger partial charge in [-0.3, -0.25) is 9.59 Å². The highest BCUT2D eigenvalue weighted by Crippen LogP contribution is 2.19. The van der Waals surface area contributed by atoms with E-state index >= 15 is 0 Å². The van der Waals surface area contributed by atoms with Crippen molar-refractivity contribution in [1.29, 1.82) is 0 Å². The number of ether oxygens (including phenoxy) is 1. The molecule has 5 nitrogen and oxygen atoms in total. The Labute approximate surface area is 175 Å². The first kappa shape index (κ1) is 21.7. The highest BCUT2D eigenvalue weighted by atomic mass is 19.1. The fourth-order valence-corrected chi connectivity index (χ4v) is 3.54. The molecular weight excluding hydrogens is 390 g/mol. The van der Waals surface area contributed by atoms with Crippen LogP contribution in [0.15, 0.2) is 48.5 Å². The van der Waals surface area contributed by atoms with Crippen LogP contribution in [-0.4, -0.2) is 35.4 Å². The molecule has 160 valence electrons. The van der Waals surface area contributed by atoms with Crippen LogP contribution in [0.25, 0.3) is 0 Å². The van der Waals surface area contributed by atoms with Crippen molar-refractivity contribution in [3.8, 4) is 5.75 Å². The van der Waals surface area contributed by atoms with E-state index in [1.807, 2.05) is 0 Å². The molecular formula is C23H26F2N2O3. The molecule has 3 rings (SSSR count). The van der Waals surface area contributed by atoms with E-state index in [0.717, 1.165) is 25.7 Å². The maximum atomic E-state index is 14.2. The number of nitrogens with one attached hydrogen (secondary N) is 1. The summed E-state index contributed by atoms with van der Waals surface area (Å²) in [6.07, 6.45) is 3.99. The van der Waals surface area contributed by atoms with Gasteiger partial charge in [0.2, 0.25) is 5.91 Å². The van der Waals surface area contributed by atoms with Crippen molar-refractivity contribution in [2.45, 2.75) is 51.2 Å². The summed E-state index contributed by atoms with van der Waals surface area (Å²) in [6, 6.07) is 10.8. The molecule has 2 amide bonds. The number of hydrogen-bond acceptors (Lipinski definition) is 3. The van der Waals surface area contributed by atoms with Crippen LogP contribution >= 0.6 is 0 Å². The first-order chi connectivity index (χ1) is 14.4. The van der Waals surface area contributed by atoms with Gasteiger partial charge in [0.1, 0.15) is 23.4 Å². The van der Waals surface area contributed by atoms with E-state index in [9.17, 15) is 18.4 Å². The minimum atomic E-state index is -0.797. The zero-order chi connectivity index (χ0) is 21.5. The Balaban J connectivity index is 1.71. The van der Waals surface area contributed by atoms with Gasteiger partial charge in [-0.25, -0.2) is 8.78 Å². The highest BCUT2D eigenvalue weighted by molar-refractivity contribution is 5.88. The lowest BCUT2D eigenvalue weighted by molar-refractivity contribution is -0.142. The van der Waals surface area contributed by atoms with Gasteiger partial charge in [-0.05, 0) is 50.1 Å². The van der Waals surface area contributed by atoms with Crippen molar-refractivity contribution >= 4 is 11.8 Å². The second kappa shape index (κ2) is 10.2. The van der Waals surface area contributed by atoms with Gasteiger partial charge in [0.25, 0.3) is 5.91 Å². The van der Waals surface area contributed by atoms with Crippen molar-refractivity contribution in [3.63, 3.8) is 0 Å². The molecule has 1 aliphatic rings. The molecule has 0 aliphatic heterocycles. The van der Waals surface area contributed by atoms with Crippen LogP contribution in [-0.2, 0) is 16.1 Å². The number of amides is 2. The third kappa shape index (κ3) is 5.78. The SMILES string of the molecule is C[C@@H](C(=O)NC1CCCC1)N(Cc1ccccc1F)C(=O)COc1ccc(F)cc1. The van der Waals surface area contributed by atoms with Crippen LogP contribution in [0.1, 0.15) is 38.2 Å². The molecule has 1 N–H and O–H groups in total. The first-order valence-corrected chi connectivity index (χ1v) is 10.2. The van der Waals surface area contributed by atoms with Crippen molar-refractivity contribution in [3.05, 3.63) is 65.7 Å². The van der Waals surface area contributed by atoms with Crippen LogP contribution < -0.4 is 10.1 Å². The Morgan fingerprint density at radius 1 is 1.10 bits per heavy atom. The summed E-state index contributed by atoms with van der Waals surface area (Å²) in [6.45, 7) is 1.22. The van der Waals surface area contributed by atoms with E-state index in [4.69, 9.17) is 4.74 Å². The Kier molecular flexibility index (Phi) is 7.38. The number of hydrogen-bond donors (Lipinski definition) is 1. The standard InChI is InChI=1S/C23H26F2N2O3/c1-16(23(29)26-19-7-3-4-8-19)27(14-17-6-2-5-9-21(17)25)22(28)15-30-20-12-10-18(24)11-13-20/h2,5-6,9-13,16,19H,3-4,7-8,14-15H2,1H3,(H,26,29)/t16-/m0/s1. The monoisotopic (exact) mass is 416 g/mol. The molecule has 0 saturated heterocycles. The number of carbonyl (C=O) groups is 2. The third-order valence-electron chi connectivity index (χ3n) is 5.34. The Morgan fingerprint density at radius 2 is 1.77 bits per heavy atom. The first-order valence-electron chi connectivity index (χ1n) is 10.2. The lowest BCUT2D eigenvalue weighted by Gasteiger charge is -2.29. The summed E-state index contributed by atoms with van der Waals surface area (Å²) >= 11 is 0. The smallest absolute Gasteiger partial charge is 0.261 e. The molecule has 0 aromatic heterocycles. The highest BCUT2D eigenvalue weighted by Gasteiger charge is 2.29. The van der Waals surface area contributed by atoms with Gasteiger partial charge < -0.3 is 15.0 Å². The van der Waals surface area contributed by atoms with Gasteiger partial charge in [-0.1, -0.05) is 31.0 Å². The summed E-state index contributed by atoms with van der Waals surface area (Å²) in [4.78, 5) is 27.0. The number of nitrogens with zero attached hydrogens (tertiary/aromatic N) is 1. The van der Waals surface area contributed by atoms with Crippen LogP contribution in [0.4, 0.5) is 8.78 Å². The second-order valence-electron chi connectivity index (χ2n) is 7.52. The van der Waals surface area contributed by atoms with Crippen molar-refractivity contribution in [1.82, 2.24) is 10.2 Å². The van der Waals surface area contributed by atoms with E-state index in [0.29, 0.717) is 11.3 Å². The van der Waals surface area contributed by atoms with E-state index in [1.54, 1.807) is 25.1 Å². The molecule has 0 unspecified atom stereocenters. The summed E-state index contributed by atoms with van der Waals surface area (Å²) in [7, 11) is 0. The molecule has 1 atom stereocenters.